The molecule has 0 saturated carbocycles. The van der Waals surface area contributed by atoms with Gasteiger partial charge in [-0.15, -0.1) is 11.8 Å². The van der Waals surface area contributed by atoms with Gasteiger partial charge in [0.15, 0.2) is 5.13 Å². The monoisotopic (exact) mass is 285 g/mol. The Morgan fingerprint density at radius 2 is 2.24 bits per heavy atom. The fourth-order valence-corrected chi connectivity index (χ4v) is 3.11. The molecule has 0 spiro atoms. The van der Waals surface area contributed by atoms with Crippen LogP contribution in [0.3, 0.4) is 0 Å². The molecule has 0 aliphatic carbocycles. The molecule has 7 heteroatoms. The van der Waals surface area contributed by atoms with Crippen molar-refractivity contribution in [3.05, 3.63) is 34.6 Å². The molecular weight excluding hydrogens is 278 g/mol. The van der Waals surface area contributed by atoms with E-state index in [1.54, 1.807) is 24.2 Å². The van der Waals surface area contributed by atoms with Crippen molar-refractivity contribution in [3.63, 3.8) is 0 Å². The Balaban J connectivity index is 2.01. The second-order valence-corrected chi connectivity index (χ2v) is 5.62. The maximum absolute atomic E-state index is 10.3. The highest BCUT2D eigenvalue weighted by molar-refractivity contribution is 7.98. The SMILES string of the molecule is O=CNc1nc(CSc2ccncc2)c(Cl)s1. The normalized spacial score (nSPS) is 10.2. The van der Waals surface area contributed by atoms with Crippen LogP contribution in [0.25, 0.3) is 0 Å². The Bertz CT molecular complexity index is 504. The van der Waals surface area contributed by atoms with Gasteiger partial charge in [-0.3, -0.25) is 9.78 Å². The van der Waals surface area contributed by atoms with Crippen molar-refractivity contribution in [2.75, 3.05) is 5.32 Å². The summed E-state index contributed by atoms with van der Waals surface area (Å²) in [6.45, 7) is 0. The van der Waals surface area contributed by atoms with Crippen molar-refractivity contribution in [2.24, 2.45) is 0 Å². The molecule has 4 nitrogen and oxygen atoms in total. The second-order valence-electron chi connectivity index (χ2n) is 2.97. The Hall–Kier alpha value is -1.11. The summed E-state index contributed by atoms with van der Waals surface area (Å²) in [5.41, 5.74) is 0.780. The van der Waals surface area contributed by atoms with Gasteiger partial charge in [-0.2, -0.15) is 0 Å². The van der Waals surface area contributed by atoms with Crippen molar-refractivity contribution in [3.8, 4) is 0 Å². The van der Waals surface area contributed by atoms with E-state index in [2.05, 4.69) is 15.3 Å². The summed E-state index contributed by atoms with van der Waals surface area (Å²) in [6.07, 6.45) is 4.07. The van der Waals surface area contributed by atoms with Crippen LogP contribution in [0.4, 0.5) is 5.13 Å². The number of aromatic nitrogens is 2. The maximum Gasteiger partial charge on any atom is 0.213 e. The summed E-state index contributed by atoms with van der Waals surface area (Å²) in [7, 11) is 0. The molecule has 2 aromatic rings. The minimum atomic E-state index is 0.523. The number of nitrogens with zero attached hydrogens (tertiary/aromatic N) is 2. The van der Waals surface area contributed by atoms with Crippen LogP contribution < -0.4 is 5.32 Å². The predicted octanol–water partition coefficient (Wildman–Crippen LogP) is 3.05. The number of hydrogen-bond donors (Lipinski definition) is 1. The molecule has 0 bridgehead atoms. The molecule has 88 valence electrons. The summed E-state index contributed by atoms with van der Waals surface area (Å²) in [5, 5.41) is 3.01. The third kappa shape index (κ3) is 3.42. The Morgan fingerprint density at radius 1 is 1.47 bits per heavy atom. The number of carbonyl (C=O) groups excluding carboxylic acids is 1. The largest absolute Gasteiger partial charge is 0.305 e. The minimum absolute atomic E-state index is 0.523. The predicted molar refractivity (Wildman–Crippen MR) is 70.6 cm³/mol. The Kier molecular flexibility index (Phi) is 4.36. The third-order valence-electron chi connectivity index (χ3n) is 1.86. The standard InChI is InChI=1S/C10H8ClN3OS2/c11-9-8(14-10(17-9)13-6-15)5-16-7-1-3-12-4-2-7/h1-4,6H,5H2,(H,13,14,15). The lowest BCUT2D eigenvalue weighted by molar-refractivity contribution is -0.105. The lowest BCUT2D eigenvalue weighted by Gasteiger charge is -1.98. The van der Waals surface area contributed by atoms with Gasteiger partial charge >= 0.3 is 0 Å². The quantitative estimate of drug-likeness (QED) is 0.678. The van der Waals surface area contributed by atoms with Crippen molar-refractivity contribution in [1.82, 2.24) is 9.97 Å². The fourth-order valence-electron chi connectivity index (χ4n) is 1.12. The summed E-state index contributed by atoms with van der Waals surface area (Å²) < 4.78 is 0.607. The summed E-state index contributed by atoms with van der Waals surface area (Å²) >= 11 is 8.90. The highest BCUT2D eigenvalue weighted by Crippen LogP contribution is 2.32. The van der Waals surface area contributed by atoms with E-state index in [0.29, 0.717) is 21.6 Å². The number of hydrogen-bond acceptors (Lipinski definition) is 5. The lowest BCUT2D eigenvalue weighted by Crippen LogP contribution is -1.92. The molecule has 17 heavy (non-hydrogen) atoms. The molecule has 2 rings (SSSR count). The fraction of sp³-hybridized carbons (Fsp3) is 0.100. The van der Waals surface area contributed by atoms with E-state index in [9.17, 15) is 4.79 Å². The van der Waals surface area contributed by atoms with Crippen molar-refractivity contribution >= 4 is 46.2 Å². The molecule has 1 N–H and O–H groups in total. The van der Waals surface area contributed by atoms with Gasteiger partial charge in [-0.05, 0) is 12.1 Å². The van der Waals surface area contributed by atoms with E-state index < -0.39 is 0 Å². The van der Waals surface area contributed by atoms with Crippen LogP contribution in [0, 0.1) is 0 Å². The van der Waals surface area contributed by atoms with E-state index >= 15 is 0 Å². The molecule has 0 aliphatic heterocycles. The van der Waals surface area contributed by atoms with Crippen LogP contribution >= 0.6 is 34.7 Å². The number of thiazole rings is 1. The highest BCUT2D eigenvalue weighted by Gasteiger charge is 2.09. The number of rotatable bonds is 5. The van der Waals surface area contributed by atoms with Gasteiger partial charge in [0, 0.05) is 23.0 Å². The first-order chi connectivity index (χ1) is 8.29. The number of pyridine rings is 1. The van der Waals surface area contributed by atoms with Gasteiger partial charge in [0.25, 0.3) is 0 Å². The molecule has 0 aromatic carbocycles. The first kappa shape index (κ1) is 12.3. The average Bonchev–Trinajstić information content (AvgIpc) is 2.69. The first-order valence-corrected chi connectivity index (χ1v) is 6.86. The number of anilines is 1. The number of amides is 1. The Morgan fingerprint density at radius 3 is 2.94 bits per heavy atom. The number of thioether (sulfide) groups is 1. The van der Waals surface area contributed by atoms with E-state index in [4.69, 9.17) is 11.6 Å². The first-order valence-electron chi connectivity index (χ1n) is 4.68. The van der Waals surface area contributed by atoms with Crippen LogP contribution in [0.15, 0.2) is 29.4 Å². The second kappa shape index (κ2) is 6.00. The van der Waals surface area contributed by atoms with Gasteiger partial charge in [0.2, 0.25) is 6.41 Å². The van der Waals surface area contributed by atoms with Crippen LogP contribution in [-0.4, -0.2) is 16.4 Å². The summed E-state index contributed by atoms with van der Waals surface area (Å²) in [4.78, 5) is 19.5. The van der Waals surface area contributed by atoms with Crippen LogP contribution in [0.5, 0.6) is 0 Å². The van der Waals surface area contributed by atoms with Gasteiger partial charge in [-0.1, -0.05) is 22.9 Å². The maximum atomic E-state index is 10.3. The number of carbonyl (C=O) groups is 1. The smallest absolute Gasteiger partial charge is 0.213 e. The number of halogens is 1. The molecule has 0 unspecified atom stereocenters. The molecular formula is C10H8ClN3OS2. The zero-order valence-corrected chi connectivity index (χ0v) is 11.0. The van der Waals surface area contributed by atoms with Gasteiger partial charge in [-0.25, -0.2) is 4.98 Å². The summed E-state index contributed by atoms with van der Waals surface area (Å²) in [6, 6.07) is 3.85. The van der Waals surface area contributed by atoms with Crippen molar-refractivity contribution in [1.29, 1.82) is 0 Å². The zero-order chi connectivity index (χ0) is 12.1. The third-order valence-corrected chi connectivity index (χ3v) is 4.15. The minimum Gasteiger partial charge on any atom is -0.305 e. The molecule has 0 radical (unpaired) electrons. The van der Waals surface area contributed by atoms with Crippen molar-refractivity contribution < 1.29 is 4.79 Å². The van der Waals surface area contributed by atoms with Gasteiger partial charge < -0.3 is 5.32 Å². The lowest BCUT2D eigenvalue weighted by atomic mass is 10.5. The van der Waals surface area contributed by atoms with E-state index in [0.717, 1.165) is 10.6 Å². The molecule has 0 atom stereocenters. The van der Waals surface area contributed by atoms with Crippen LogP contribution in [-0.2, 0) is 10.5 Å². The van der Waals surface area contributed by atoms with E-state index in [1.807, 2.05) is 12.1 Å². The van der Waals surface area contributed by atoms with Crippen LogP contribution in [0.1, 0.15) is 5.69 Å². The molecule has 1 amide bonds. The molecule has 2 heterocycles. The Labute approximate surface area is 111 Å². The molecule has 0 fully saturated rings. The highest BCUT2D eigenvalue weighted by atomic mass is 35.5. The average molecular weight is 286 g/mol. The number of nitrogens with one attached hydrogen (secondary N) is 1. The van der Waals surface area contributed by atoms with Crippen molar-refractivity contribution in [2.45, 2.75) is 10.6 Å². The topological polar surface area (TPSA) is 54.9 Å². The van der Waals surface area contributed by atoms with Crippen LogP contribution in [0.2, 0.25) is 4.34 Å². The van der Waals surface area contributed by atoms with E-state index in [1.165, 1.54) is 11.3 Å². The van der Waals surface area contributed by atoms with E-state index in [-0.39, 0.29) is 0 Å². The molecule has 0 saturated heterocycles. The zero-order valence-electron chi connectivity index (χ0n) is 8.59. The van der Waals surface area contributed by atoms with Gasteiger partial charge in [0.05, 0.1) is 5.69 Å². The summed E-state index contributed by atoms with van der Waals surface area (Å²) in [5.74, 6) is 0.667. The van der Waals surface area contributed by atoms with Gasteiger partial charge in [0.1, 0.15) is 4.34 Å². The molecule has 0 aliphatic rings. The molecule has 2 aromatic heterocycles.